The molecular weight excluding hydrogens is 294 g/mol. The molecule has 0 saturated heterocycles. The van der Waals surface area contributed by atoms with Crippen LogP contribution in [0.4, 0.5) is 0 Å². The second-order valence-electron chi connectivity index (χ2n) is 5.37. The Morgan fingerprint density at radius 1 is 0.417 bits per heavy atom. The van der Waals surface area contributed by atoms with E-state index in [1.165, 1.54) is 21.5 Å². The number of aromatic nitrogens is 3. The van der Waals surface area contributed by atoms with Crippen molar-refractivity contribution in [2.75, 3.05) is 0 Å². The fourth-order valence-electron chi connectivity index (χ4n) is 2.89. The van der Waals surface area contributed by atoms with Gasteiger partial charge in [-0.05, 0) is 22.9 Å². The maximum atomic E-state index is 4.50. The first-order valence-electron chi connectivity index (χ1n) is 7.80. The molecule has 0 bridgehead atoms. The summed E-state index contributed by atoms with van der Waals surface area (Å²) >= 11 is 0. The van der Waals surface area contributed by atoms with Crippen molar-refractivity contribution in [3.05, 3.63) is 91.5 Å². The molecule has 0 saturated carbocycles. The summed E-state index contributed by atoms with van der Waals surface area (Å²) < 4.78 is 0. The van der Waals surface area contributed by atoms with E-state index in [4.69, 9.17) is 0 Å². The van der Waals surface area contributed by atoms with Crippen LogP contribution in [0.1, 0.15) is 0 Å². The molecule has 5 rings (SSSR count). The maximum absolute atomic E-state index is 4.50. The van der Waals surface area contributed by atoms with Crippen molar-refractivity contribution in [1.82, 2.24) is 15.0 Å². The highest BCUT2D eigenvalue weighted by molar-refractivity contribution is 6.22. The highest BCUT2D eigenvalue weighted by Gasteiger charge is 2.08. The first-order chi connectivity index (χ1) is 11.9. The minimum Gasteiger partial charge on any atom is -0.265 e. The zero-order valence-electron chi connectivity index (χ0n) is 13.0. The lowest BCUT2D eigenvalue weighted by molar-refractivity contribution is 1.31. The number of pyridine rings is 1. The molecule has 24 heavy (non-hydrogen) atoms. The lowest BCUT2D eigenvalue weighted by Crippen LogP contribution is -1.87. The van der Waals surface area contributed by atoms with E-state index in [1.54, 1.807) is 24.8 Å². The molecule has 0 aliphatic heterocycles. The van der Waals surface area contributed by atoms with Crippen molar-refractivity contribution in [3.8, 4) is 0 Å². The van der Waals surface area contributed by atoms with Crippen LogP contribution in [0.25, 0.3) is 32.6 Å². The van der Waals surface area contributed by atoms with E-state index in [1.807, 2.05) is 30.3 Å². The Balaban J connectivity index is 0.000000207. The topological polar surface area (TPSA) is 38.7 Å². The maximum Gasteiger partial charge on any atom is 0.0971 e. The number of hydrogen-bond donors (Lipinski definition) is 0. The molecule has 0 atom stereocenters. The zero-order valence-corrected chi connectivity index (χ0v) is 13.0. The predicted octanol–water partition coefficient (Wildman–Crippen LogP) is 5.02. The van der Waals surface area contributed by atoms with E-state index >= 15 is 0 Å². The quantitative estimate of drug-likeness (QED) is 0.377. The third-order valence-corrected chi connectivity index (χ3v) is 3.92. The lowest BCUT2D eigenvalue weighted by Gasteiger charge is -2.07. The van der Waals surface area contributed by atoms with Crippen molar-refractivity contribution in [2.24, 2.45) is 0 Å². The second-order valence-corrected chi connectivity index (χ2v) is 5.37. The number of hydrogen-bond acceptors (Lipinski definition) is 3. The SMILES string of the molecule is c1ccc2c(c1)c1ccccc1c1nccnc21.c1ccncc1. The van der Waals surface area contributed by atoms with Gasteiger partial charge in [-0.25, -0.2) is 0 Å². The Hall–Kier alpha value is -3.33. The van der Waals surface area contributed by atoms with Crippen molar-refractivity contribution in [3.63, 3.8) is 0 Å². The lowest BCUT2D eigenvalue weighted by atomic mass is 10.00. The third kappa shape index (κ3) is 2.57. The molecule has 0 radical (unpaired) electrons. The van der Waals surface area contributed by atoms with Gasteiger partial charge in [-0.15, -0.1) is 0 Å². The Morgan fingerprint density at radius 2 is 0.875 bits per heavy atom. The average Bonchev–Trinajstić information content (AvgIpc) is 2.70. The minimum absolute atomic E-state index is 0.979. The monoisotopic (exact) mass is 309 g/mol. The highest BCUT2D eigenvalue weighted by atomic mass is 14.8. The van der Waals surface area contributed by atoms with Crippen LogP contribution in [0, 0.1) is 0 Å². The van der Waals surface area contributed by atoms with Gasteiger partial charge in [-0.2, -0.15) is 0 Å². The molecular formula is C21H15N3. The normalized spacial score (nSPS) is 10.5. The summed E-state index contributed by atoms with van der Waals surface area (Å²) in [5.74, 6) is 0. The van der Waals surface area contributed by atoms with Crippen LogP contribution in [0.15, 0.2) is 91.5 Å². The minimum atomic E-state index is 0.979. The summed E-state index contributed by atoms with van der Waals surface area (Å²) in [6.07, 6.45) is 7.01. The van der Waals surface area contributed by atoms with Crippen molar-refractivity contribution in [1.29, 1.82) is 0 Å². The average molecular weight is 309 g/mol. The van der Waals surface area contributed by atoms with Crippen LogP contribution < -0.4 is 0 Å². The fourth-order valence-corrected chi connectivity index (χ4v) is 2.89. The Morgan fingerprint density at radius 3 is 1.25 bits per heavy atom. The van der Waals surface area contributed by atoms with Crippen LogP contribution in [0.2, 0.25) is 0 Å². The molecule has 114 valence electrons. The van der Waals surface area contributed by atoms with Crippen molar-refractivity contribution < 1.29 is 0 Å². The van der Waals surface area contributed by atoms with Crippen LogP contribution in [-0.2, 0) is 0 Å². The molecule has 3 aromatic carbocycles. The molecule has 5 aromatic rings. The zero-order chi connectivity index (χ0) is 16.2. The van der Waals surface area contributed by atoms with Gasteiger partial charge in [0.15, 0.2) is 0 Å². The van der Waals surface area contributed by atoms with Crippen LogP contribution in [-0.4, -0.2) is 15.0 Å². The smallest absolute Gasteiger partial charge is 0.0971 e. The summed E-state index contributed by atoms with van der Waals surface area (Å²) in [7, 11) is 0. The molecule has 0 N–H and O–H groups in total. The van der Waals surface area contributed by atoms with Crippen LogP contribution in [0.5, 0.6) is 0 Å². The Labute approximate surface area is 139 Å². The molecule has 0 aliphatic rings. The van der Waals surface area contributed by atoms with E-state index in [0.717, 1.165) is 11.0 Å². The third-order valence-electron chi connectivity index (χ3n) is 3.92. The first kappa shape index (κ1) is 14.3. The van der Waals surface area contributed by atoms with Crippen LogP contribution >= 0.6 is 0 Å². The van der Waals surface area contributed by atoms with E-state index in [2.05, 4.69) is 51.4 Å². The largest absolute Gasteiger partial charge is 0.265 e. The van der Waals surface area contributed by atoms with Gasteiger partial charge in [0, 0.05) is 35.6 Å². The summed E-state index contributed by atoms with van der Waals surface area (Å²) in [5, 5.41) is 4.81. The van der Waals surface area contributed by atoms with Gasteiger partial charge in [0.2, 0.25) is 0 Å². The molecule has 3 nitrogen and oxygen atoms in total. The number of fused-ring (bicyclic) bond motifs is 6. The van der Waals surface area contributed by atoms with Gasteiger partial charge in [0.05, 0.1) is 11.0 Å². The molecule has 2 aromatic heterocycles. The van der Waals surface area contributed by atoms with E-state index < -0.39 is 0 Å². The molecule has 2 heterocycles. The highest BCUT2D eigenvalue weighted by Crippen LogP contribution is 2.32. The predicted molar refractivity (Wildman–Crippen MR) is 98.8 cm³/mol. The summed E-state index contributed by atoms with van der Waals surface area (Å²) in [6.45, 7) is 0. The molecule has 0 aliphatic carbocycles. The Bertz CT molecular complexity index is 858. The number of nitrogens with zero attached hydrogens (tertiary/aromatic N) is 3. The van der Waals surface area contributed by atoms with Crippen molar-refractivity contribution >= 4 is 32.6 Å². The summed E-state index contributed by atoms with van der Waals surface area (Å²) in [5.41, 5.74) is 1.96. The second kappa shape index (κ2) is 6.42. The van der Waals surface area contributed by atoms with E-state index in [9.17, 15) is 0 Å². The molecule has 0 unspecified atom stereocenters. The van der Waals surface area contributed by atoms with Gasteiger partial charge in [0.25, 0.3) is 0 Å². The number of benzene rings is 3. The molecule has 3 heteroatoms. The van der Waals surface area contributed by atoms with Gasteiger partial charge in [0.1, 0.15) is 0 Å². The Kier molecular flexibility index (Phi) is 3.82. The molecule has 0 spiro atoms. The standard InChI is InChI=1S/C16H10N2.C5H5N/c1-3-7-13-11(5-1)12-6-2-4-8-14(12)16-15(13)17-9-10-18-16;1-2-4-6-5-3-1/h1-10H;1-5H. The van der Waals surface area contributed by atoms with Crippen LogP contribution in [0.3, 0.4) is 0 Å². The molecule has 0 amide bonds. The van der Waals surface area contributed by atoms with Gasteiger partial charge in [-0.3, -0.25) is 15.0 Å². The van der Waals surface area contributed by atoms with Gasteiger partial charge in [-0.1, -0.05) is 54.6 Å². The summed E-state index contributed by atoms with van der Waals surface area (Å²) in [6, 6.07) is 22.5. The fraction of sp³-hybridized carbons (Fsp3) is 0. The van der Waals surface area contributed by atoms with E-state index in [0.29, 0.717) is 0 Å². The number of rotatable bonds is 0. The van der Waals surface area contributed by atoms with E-state index in [-0.39, 0.29) is 0 Å². The van der Waals surface area contributed by atoms with Crippen molar-refractivity contribution in [2.45, 2.75) is 0 Å². The molecule has 0 fully saturated rings. The summed E-state index contributed by atoms with van der Waals surface area (Å²) in [4.78, 5) is 12.8. The first-order valence-corrected chi connectivity index (χ1v) is 7.80. The van der Waals surface area contributed by atoms with Gasteiger partial charge >= 0.3 is 0 Å². The van der Waals surface area contributed by atoms with Gasteiger partial charge < -0.3 is 0 Å².